The molecule has 0 fully saturated rings. The predicted octanol–water partition coefficient (Wildman–Crippen LogP) is 2.90. The van der Waals surface area contributed by atoms with Crippen molar-refractivity contribution in [3.63, 3.8) is 0 Å². The number of ether oxygens (including phenoxy) is 1. The Morgan fingerprint density at radius 3 is 2.81 bits per heavy atom. The van der Waals surface area contributed by atoms with Crippen LogP contribution in [0.25, 0.3) is 0 Å². The summed E-state index contributed by atoms with van der Waals surface area (Å²) in [6.45, 7) is 0.536. The first-order valence-corrected chi connectivity index (χ1v) is 6.94. The number of methoxy groups -OCH3 is 1. The number of nitrogen functional groups attached to an aromatic ring is 1. The van der Waals surface area contributed by atoms with Crippen molar-refractivity contribution in [2.75, 3.05) is 19.4 Å². The largest absolute Gasteiger partial charge is 0.497 e. The van der Waals surface area contributed by atoms with E-state index in [0.717, 1.165) is 17.7 Å². The van der Waals surface area contributed by atoms with Crippen LogP contribution in [0, 0.1) is 0 Å². The highest BCUT2D eigenvalue weighted by molar-refractivity contribution is 6.33. The van der Waals surface area contributed by atoms with Gasteiger partial charge in [-0.15, -0.1) is 0 Å². The van der Waals surface area contributed by atoms with Crippen molar-refractivity contribution in [2.24, 2.45) is 0 Å². The molecule has 110 valence electrons. The van der Waals surface area contributed by atoms with Crippen molar-refractivity contribution in [3.8, 4) is 5.75 Å². The van der Waals surface area contributed by atoms with Crippen LogP contribution in [0.2, 0.25) is 5.02 Å². The molecule has 0 saturated heterocycles. The van der Waals surface area contributed by atoms with Crippen LogP contribution in [-0.2, 0) is 6.42 Å². The molecular formula is C16H17ClN2O2. The number of amides is 1. The number of anilines is 1. The Hall–Kier alpha value is -2.20. The summed E-state index contributed by atoms with van der Waals surface area (Å²) in [6, 6.07) is 12.6. The molecule has 3 N–H and O–H groups in total. The summed E-state index contributed by atoms with van der Waals surface area (Å²) in [4.78, 5) is 12.0. The SMILES string of the molecule is COc1cccc(CCNC(=O)c2ccc(N)c(Cl)c2)c1. The number of carbonyl (C=O) groups is 1. The molecule has 0 aromatic heterocycles. The fourth-order valence-corrected chi connectivity index (χ4v) is 2.10. The number of hydrogen-bond donors (Lipinski definition) is 2. The molecule has 0 bridgehead atoms. The maximum atomic E-state index is 12.0. The number of nitrogens with two attached hydrogens (primary N) is 1. The molecule has 0 unspecified atom stereocenters. The topological polar surface area (TPSA) is 64.3 Å². The molecule has 0 aliphatic heterocycles. The summed E-state index contributed by atoms with van der Waals surface area (Å²) in [7, 11) is 1.63. The average molecular weight is 305 g/mol. The number of hydrogen-bond acceptors (Lipinski definition) is 3. The molecule has 0 atom stereocenters. The van der Waals surface area contributed by atoms with E-state index in [1.54, 1.807) is 25.3 Å². The summed E-state index contributed by atoms with van der Waals surface area (Å²) in [5.74, 6) is 0.643. The third kappa shape index (κ3) is 4.13. The second-order valence-corrected chi connectivity index (χ2v) is 5.00. The molecule has 0 radical (unpaired) electrons. The molecule has 1 amide bonds. The van der Waals surface area contributed by atoms with Crippen molar-refractivity contribution in [1.29, 1.82) is 0 Å². The zero-order chi connectivity index (χ0) is 15.2. The predicted molar refractivity (Wildman–Crippen MR) is 84.9 cm³/mol. The van der Waals surface area contributed by atoms with Crippen LogP contribution in [-0.4, -0.2) is 19.6 Å². The van der Waals surface area contributed by atoms with E-state index in [1.165, 1.54) is 0 Å². The standard InChI is InChI=1S/C16H17ClN2O2/c1-21-13-4-2-3-11(9-13)7-8-19-16(20)12-5-6-15(18)14(17)10-12/h2-6,9-10H,7-8,18H2,1H3,(H,19,20). The lowest BCUT2D eigenvalue weighted by atomic mass is 10.1. The van der Waals surface area contributed by atoms with Crippen molar-refractivity contribution in [1.82, 2.24) is 5.32 Å². The molecule has 2 aromatic rings. The number of benzene rings is 2. The van der Waals surface area contributed by atoms with E-state index in [9.17, 15) is 4.79 Å². The minimum Gasteiger partial charge on any atom is -0.497 e. The summed E-state index contributed by atoms with van der Waals surface area (Å²) in [5.41, 5.74) is 7.68. The van der Waals surface area contributed by atoms with Gasteiger partial charge in [-0.1, -0.05) is 23.7 Å². The fourth-order valence-electron chi connectivity index (χ4n) is 1.92. The second-order valence-electron chi connectivity index (χ2n) is 4.59. The third-order valence-corrected chi connectivity index (χ3v) is 3.42. The Morgan fingerprint density at radius 2 is 2.10 bits per heavy atom. The van der Waals surface area contributed by atoms with Crippen LogP contribution in [0.5, 0.6) is 5.75 Å². The third-order valence-electron chi connectivity index (χ3n) is 3.10. The minimum atomic E-state index is -0.167. The van der Waals surface area contributed by atoms with Crippen molar-refractivity contribution in [2.45, 2.75) is 6.42 Å². The van der Waals surface area contributed by atoms with Crippen molar-refractivity contribution in [3.05, 3.63) is 58.6 Å². The Labute approximate surface area is 128 Å². The van der Waals surface area contributed by atoms with Gasteiger partial charge in [-0.3, -0.25) is 4.79 Å². The van der Waals surface area contributed by atoms with Crippen LogP contribution in [0.4, 0.5) is 5.69 Å². The second kappa shape index (κ2) is 6.99. The molecule has 5 heteroatoms. The lowest BCUT2D eigenvalue weighted by molar-refractivity contribution is 0.0954. The van der Waals surface area contributed by atoms with Gasteiger partial charge in [0.15, 0.2) is 0 Å². The van der Waals surface area contributed by atoms with Gasteiger partial charge in [-0.2, -0.15) is 0 Å². The first-order chi connectivity index (χ1) is 10.1. The summed E-state index contributed by atoms with van der Waals surface area (Å²) < 4.78 is 5.16. The van der Waals surface area contributed by atoms with Crippen LogP contribution in [0.15, 0.2) is 42.5 Å². The van der Waals surface area contributed by atoms with E-state index in [4.69, 9.17) is 22.1 Å². The number of halogens is 1. The smallest absolute Gasteiger partial charge is 0.251 e. The van der Waals surface area contributed by atoms with Crippen LogP contribution in [0.3, 0.4) is 0 Å². The molecule has 4 nitrogen and oxygen atoms in total. The van der Waals surface area contributed by atoms with Gasteiger partial charge in [0.25, 0.3) is 5.91 Å². The quantitative estimate of drug-likeness (QED) is 0.835. The monoisotopic (exact) mass is 304 g/mol. The van der Waals surface area contributed by atoms with Gasteiger partial charge in [-0.05, 0) is 42.3 Å². The lowest BCUT2D eigenvalue weighted by Gasteiger charge is -2.07. The van der Waals surface area contributed by atoms with Crippen LogP contribution >= 0.6 is 11.6 Å². The summed E-state index contributed by atoms with van der Waals surface area (Å²) in [5, 5.41) is 3.24. The number of nitrogens with one attached hydrogen (secondary N) is 1. The van der Waals surface area contributed by atoms with Gasteiger partial charge in [0.1, 0.15) is 5.75 Å². The first-order valence-electron chi connectivity index (χ1n) is 6.56. The Balaban J connectivity index is 1.90. The maximum Gasteiger partial charge on any atom is 0.251 e. The van der Waals surface area contributed by atoms with E-state index in [1.807, 2.05) is 24.3 Å². The number of rotatable bonds is 5. The van der Waals surface area contributed by atoms with Gasteiger partial charge >= 0.3 is 0 Å². The van der Waals surface area contributed by atoms with Crippen LogP contribution < -0.4 is 15.8 Å². The molecule has 0 aliphatic carbocycles. The van der Waals surface area contributed by atoms with Crippen molar-refractivity contribution >= 4 is 23.2 Å². The first kappa shape index (κ1) is 15.2. The number of carbonyl (C=O) groups excluding carboxylic acids is 1. The molecule has 0 spiro atoms. The fraction of sp³-hybridized carbons (Fsp3) is 0.188. The Kier molecular flexibility index (Phi) is 5.06. The molecular weight excluding hydrogens is 288 g/mol. The normalized spacial score (nSPS) is 10.2. The Morgan fingerprint density at radius 1 is 1.29 bits per heavy atom. The highest BCUT2D eigenvalue weighted by Crippen LogP contribution is 2.19. The Bertz CT molecular complexity index is 644. The highest BCUT2D eigenvalue weighted by Gasteiger charge is 2.07. The summed E-state index contributed by atoms with van der Waals surface area (Å²) in [6.07, 6.45) is 0.728. The zero-order valence-corrected chi connectivity index (χ0v) is 12.5. The van der Waals surface area contributed by atoms with Crippen molar-refractivity contribution < 1.29 is 9.53 Å². The maximum absolute atomic E-state index is 12.0. The van der Waals surface area contributed by atoms with E-state index >= 15 is 0 Å². The molecule has 2 aromatic carbocycles. The molecule has 21 heavy (non-hydrogen) atoms. The van der Waals surface area contributed by atoms with E-state index < -0.39 is 0 Å². The van der Waals surface area contributed by atoms with Gasteiger partial charge < -0.3 is 15.8 Å². The molecule has 0 aliphatic rings. The molecule has 0 heterocycles. The van der Waals surface area contributed by atoms with E-state index in [0.29, 0.717) is 22.8 Å². The van der Waals surface area contributed by atoms with Gasteiger partial charge in [-0.25, -0.2) is 0 Å². The minimum absolute atomic E-state index is 0.167. The molecule has 2 rings (SSSR count). The summed E-state index contributed by atoms with van der Waals surface area (Å²) >= 11 is 5.90. The average Bonchev–Trinajstić information content (AvgIpc) is 2.50. The van der Waals surface area contributed by atoms with Crippen LogP contribution in [0.1, 0.15) is 15.9 Å². The lowest BCUT2D eigenvalue weighted by Crippen LogP contribution is -2.25. The van der Waals surface area contributed by atoms with Gasteiger partial charge in [0.2, 0.25) is 0 Å². The molecule has 0 saturated carbocycles. The van der Waals surface area contributed by atoms with Gasteiger partial charge in [0, 0.05) is 12.1 Å². The van der Waals surface area contributed by atoms with Gasteiger partial charge in [0.05, 0.1) is 17.8 Å². The highest BCUT2D eigenvalue weighted by atomic mass is 35.5. The zero-order valence-electron chi connectivity index (χ0n) is 11.7. The van der Waals surface area contributed by atoms with E-state index in [2.05, 4.69) is 5.32 Å². The van der Waals surface area contributed by atoms with E-state index in [-0.39, 0.29) is 5.91 Å².